The highest BCUT2D eigenvalue weighted by molar-refractivity contribution is 5.32. The second-order valence-corrected chi connectivity index (χ2v) is 7.11. The summed E-state index contributed by atoms with van der Waals surface area (Å²) in [5.74, 6) is 1.55. The molecule has 138 valence electrons. The largest absolute Gasteiger partial charge is 0.473 e. The Bertz CT molecular complexity index is 767. The minimum Gasteiger partial charge on any atom is -0.473 e. The molecule has 2 atom stereocenters. The van der Waals surface area contributed by atoms with E-state index in [1.54, 1.807) is 18.2 Å². The topological polar surface area (TPSA) is 45.9 Å². The third kappa shape index (κ3) is 5.05. The fourth-order valence-corrected chi connectivity index (χ4v) is 3.06. The van der Waals surface area contributed by atoms with Crippen LogP contribution in [0.2, 0.25) is 0 Å². The second kappa shape index (κ2) is 9.33. The number of hydrogen-bond acceptors (Lipinski definition) is 3. The monoisotopic (exact) mass is 354 g/mol. The Kier molecular flexibility index (Phi) is 7.15. The number of halogens is 1. The lowest BCUT2D eigenvalue weighted by Crippen LogP contribution is -2.17. The molecule has 0 aliphatic rings. The lowest BCUT2D eigenvalue weighted by atomic mass is 9.80. The zero-order valence-electron chi connectivity index (χ0n) is 16.0. The van der Waals surface area contributed by atoms with Crippen molar-refractivity contribution in [2.24, 2.45) is 11.8 Å². The van der Waals surface area contributed by atoms with E-state index in [2.05, 4.69) is 32.7 Å². The first kappa shape index (κ1) is 19.9. The molecule has 2 aromatic rings. The van der Waals surface area contributed by atoms with Crippen LogP contribution in [-0.2, 0) is 6.61 Å². The van der Waals surface area contributed by atoms with E-state index in [1.807, 2.05) is 18.2 Å². The molecule has 26 heavy (non-hydrogen) atoms. The van der Waals surface area contributed by atoms with Gasteiger partial charge in [0.2, 0.25) is 5.88 Å². The summed E-state index contributed by atoms with van der Waals surface area (Å²) in [6.07, 6.45) is 2.19. The third-order valence-corrected chi connectivity index (χ3v) is 4.97. The van der Waals surface area contributed by atoms with Gasteiger partial charge in [-0.2, -0.15) is 5.26 Å². The summed E-state index contributed by atoms with van der Waals surface area (Å²) in [4.78, 5) is 4.68. The average molecular weight is 354 g/mol. The fourth-order valence-electron chi connectivity index (χ4n) is 3.06. The van der Waals surface area contributed by atoms with Gasteiger partial charge in [0.25, 0.3) is 0 Å². The molecule has 1 aromatic heterocycles. The SMILES string of the molecule is CCCC(c1cccc(OCc2ccc(C#N)cc2F)n1)[C@@H](C)C(C)C. The minimum atomic E-state index is -0.433. The number of hydrogen-bond donors (Lipinski definition) is 0. The fraction of sp³-hybridized carbons (Fsp3) is 0.455. The summed E-state index contributed by atoms with van der Waals surface area (Å²) in [7, 11) is 0. The average Bonchev–Trinajstić information content (AvgIpc) is 2.64. The van der Waals surface area contributed by atoms with Crippen LogP contribution in [-0.4, -0.2) is 4.98 Å². The molecule has 3 nitrogen and oxygen atoms in total. The summed E-state index contributed by atoms with van der Waals surface area (Å²) >= 11 is 0. The van der Waals surface area contributed by atoms with Gasteiger partial charge in [-0.1, -0.05) is 46.2 Å². The van der Waals surface area contributed by atoms with Crippen molar-refractivity contribution in [3.05, 3.63) is 59.0 Å². The number of aromatic nitrogens is 1. The molecule has 0 aliphatic carbocycles. The minimum absolute atomic E-state index is 0.0895. The smallest absolute Gasteiger partial charge is 0.213 e. The van der Waals surface area contributed by atoms with Crippen molar-refractivity contribution in [1.82, 2.24) is 4.98 Å². The number of nitrogens with zero attached hydrogens (tertiary/aromatic N) is 2. The van der Waals surface area contributed by atoms with Gasteiger partial charge in [0, 0.05) is 23.2 Å². The van der Waals surface area contributed by atoms with Gasteiger partial charge in [-0.25, -0.2) is 9.37 Å². The Balaban J connectivity index is 2.14. The van der Waals surface area contributed by atoms with Crippen LogP contribution in [0, 0.1) is 29.0 Å². The number of nitriles is 1. The molecule has 0 saturated carbocycles. The van der Waals surface area contributed by atoms with E-state index in [9.17, 15) is 4.39 Å². The van der Waals surface area contributed by atoms with Gasteiger partial charge in [-0.15, -0.1) is 0 Å². The normalized spacial score (nSPS) is 13.3. The summed E-state index contributed by atoms with van der Waals surface area (Å²) in [6, 6.07) is 12.1. The summed E-state index contributed by atoms with van der Waals surface area (Å²) < 4.78 is 19.7. The Morgan fingerprint density at radius 2 is 1.96 bits per heavy atom. The highest BCUT2D eigenvalue weighted by Gasteiger charge is 2.22. The standard InChI is InChI=1S/C22H27FN2O/c1-5-7-19(16(4)15(2)3)21-8-6-9-22(25-21)26-14-18-11-10-17(13-24)12-20(18)23/h6,8-12,15-16,19H,5,7,14H2,1-4H3/t16-,19?/m0/s1. The van der Waals surface area contributed by atoms with E-state index in [0.717, 1.165) is 18.5 Å². The molecule has 2 rings (SSSR count). The predicted molar refractivity (Wildman–Crippen MR) is 101 cm³/mol. The van der Waals surface area contributed by atoms with E-state index in [-0.39, 0.29) is 6.61 Å². The van der Waals surface area contributed by atoms with Crippen molar-refractivity contribution in [2.75, 3.05) is 0 Å². The predicted octanol–water partition coefficient (Wildman–Crippen LogP) is 5.85. The Morgan fingerprint density at radius 3 is 2.58 bits per heavy atom. The Hall–Kier alpha value is -2.41. The first-order valence-corrected chi connectivity index (χ1v) is 9.24. The highest BCUT2D eigenvalue weighted by atomic mass is 19.1. The maximum absolute atomic E-state index is 14.0. The van der Waals surface area contributed by atoms with Gasteiger partial charge in [-0.3, -0.25) is 0 Å². The van der Waals surface area contributed by atoms with Crippen molar-refractivity contribution < 1.29 is 9.13 Å². The van der Waals surface area contributed by atoms with Gasteiger partial charge in [0.1, 0.15) is 12.4 Å². The molecule has 0 radical (unpaired) electrons. The van der Waals surface area contributed by atoms with Crippen LogP contribution in [0.4, 0.5) is 4.39 Å². The van der Waals surface area contributed by atoms with Crippen molar-refractivity contribution >= 4 is 0 Å². The summed E-state index contributed by atoms with van der Waals surface area (Å²) in [5.41, 5.74) is 1.75. The lowest BCUT2D eigenvalue weighted by molar-refractivity contribution is 0.281. The number of benzene rings is 1. The van der Waals surface area contributed by atoms with Gasteiger partial charge < -0.3 is 4.74 Å². The first-order chi connectivity index (χ1) is 12.5. The van der Waals surface area contributed by atoms with Gasteiger partial charge in [0.05, 0.1) is 11.6 Å². The summed E-state index contributed by atoms with van der Waals surface area (Å²) in [6.45, 7) is 9.02. The molecule has 0 N–H and O–H groups in total. The van der Waals surface area contributed by atoms with E-state index in [1.165, 1.54) is 6.07 Å². The van der Waals surface area contributed by atoms with Gasteiger partial charge in [-0.05, 0) is 36.5 Å². The van der Waals surface area contributed by atoms with Crippen LogP contribution in [0.15, 0.2) is 36.4 Å². The second-order valence-electron chi connectivity index (χ2n) is 7.11. The van der Waals surface area contributed by atoms with Crippen LogP contribution in [0.1, 0.15) is 63.3 Å². The van der Waals surface area contributed by atoms with Crippen LogP contribution in [0.3, 0.4) is 0 Å². The third-order valence-electron chi connectivity index (χ3n) is 4.97. The van der Waals surface area contributed by atoms with Crippen LogP contribution >= 0.6 is 0 Å². The summed E-state index contributed by atoms with van der Waals surface area (Å²) in [5, 5.41) is 8.81. The zero-order chi connectivity index (χ0) is 19.1. The zero-order valence-corrected chi connectivity index (χ0v) is 16.0. The lowest BCUT2D eigenvalue weighted by Gasteiger charge is -2.26. The Labute approximate surface area is 155 Å². The quantitative estimate of drug-likeness (QED) is 0.597. The van der Waals surface area contributed by atoms with Crippen molar-refractivity contribution in [2.45, 2.75) is 53.1 Å². The van der Waals surface area contributed by atoms with Crippen molar-refractivity contribution in [3.63, 3.8) is 0 Å². The van der Waals surface area contributed by atoms with E-state index in [0.29, 0.717) is 34.8 Å². The molecular weight excluding hydrogens is 327 g/mol. The molecule has 0 saturated heterocycles. The molecule has 0 bridgehead atoms. The van der Waals surface area contributed by atoms with Crippen LogP contribution in [0.5, 0.6) is 5.88 Å². The van der Waals surface area contributed by atoms with E-state index >= 15 is 0 Å². The molecule has 1 aromatic carbocycles. The number of ether oxygens (including phenoxy) is 1. The molecular formula is C22H27FN2O. The molecule has 0 fully saturated rings. The molecule has 0 spiro atoms. The molecule has 0 amide bonds. The van der Waals surface area contributed by atoms with Gasteiger partial charge >= 0.3 is 0 Å². The van der Waals surface area contributed by atoms with Crippen LogP contribution in [0.25, 0.3) is 0 Å². The number of rotatable bonds is 8. The maximum Gasteiger partial charge on any atom is 0.213 e. The molecule has 1 heterocycles. The van der Waals surface area contributed by atoms with Gasteiger partial charge in [0.15, 0.2) is 0 Å². The first-order valence-electron chi connectivity index (χ1n) is 9.24. The molecule has 4 heteroatoms. The van der Waals surface area contributed by atoms with Crippen molar-refractivity contribution in [3.8, 4) is 11.9 Å². The van der Waals surface area contributed by atoms with E-state index in [4.69, 9.17) is 10.00 Å². The number of pyridine rings is 1. The highest BCUT2D eigenvalue weighted by Crippen LogP contribution is 2.33. The van der Waals surface area contributed by atoms with E-state index < -0.39 is 5.82 Å². The maximum atomic E-state index is 14.0. The van der Waals surface area contributed by atoms with Crippen molar-refractivity contribution in [1.29, 1.82) is 5.26 Å². The Morgan fingerprint density at radius 1 is 1.19 bits per heavy atom. The van der Waals surface area contributed by atoms with Crippen LogP contribution < -0.4 is 4.74 Å². The molecule has 0 aliphatic heterocycles. The molecule has 1 unspecified atom stereocenters.